The van der Waals surface area contributed by atoms with E-state index in [1.165, 1.54) is 0 Å². The van der Waals surface area contributed by atoms with Crippen molar-refractivity contribution >= 4 is 11.8 Å². The Kier molecular flexibility index (Phi) is 1.22. The molecule has 54 valence electrons. The quantitative estimate of drug-likeness (QED) is 0.565. The number of nitrogens with zero attached hydrogens (tertiary/aromatic N) is 2. The molecule has 2 heterocycles. The van der Waals surface area contributed by atoms with Crippen LogP contribution >= 0.6 is 0 Å². The van der Waals surface area contributed by atoms with E-state index in [1.807, 2.05) is 22.7 Å². The van der Waals surface area contributed by atoms with Crippen molar-refractivity contribution in [3.05, 3.63) is 36.4 Å². The maximum Gasteiger partial charge on any atom is 0.168 e. The third kappa shape index (κ3) is 0.902. The van der Waals surface area contributed by atoms with Gasteiger partial charge in [-0.3, -0.25) is 4.79 Å². The van der Waals surface area contributed by atoms with Crippen LogP contribution in [0.4, 0.5) is 0 Å². The molecule has 0 aliphatic carbocycles. The van der Waals surface area contributed by atoms with Crippen molar-refractivity contribution in [2.45, 2.75) is 0 Å². The van der Waals surface area contributed by atoms with Crippen molar-refractivity contribution in [2.75, 3.05) is 0 Å². The zero-order valence-corrected chi connectivity index (χ0v) is 5.77. The first-order valence-corrected chi connectivity index (χ1v) is 3.28. The fraction of sp³-hybridized carbons (Fsp3) is 0. The monoisotopic (exact) mass is 146 g/mol. The molecule has 0 aliphatic rings. The molecule has 2 rings (SSSR count). The summed E-state index contributed by atoms with van der Waals surface area (Å²) in [4.78, 5) is 14.2. The normalized spacial score (nSPS) is 10.2. The highest BCUT2D eigenvalue weighted by atomic mass is 16.1. The number of rotatable bonds is 1. The molecule has 0 bridgehead atoms. The summed E-state index contributed by atoms with van der Waals surface area (Å²) in [7, 11) is 0. The van der Waals surface area contributed by atoms with E-state index in [-0.39, 0.29) is 0 Å². The first kappa shape index (κ1) is 6.09. The summed E-state index contributed by atoms with van der Waals surface area (Å²) < 4.78 is 1.85. The van der Waals surface area contributed by atoms with Gasteiger partial charge in [-0.05, 0) is 18.2 Å². The van der Waals surface area contributed by atoms with Gasteiger partial charge < -0.3 is 4.40 Å². The van der Waals surface area contributed by atoms with Crippen LogP contribution < -0.4 is 0 Å². The van der Waals surface area contributed by atoms with E-state index in [4.69, 9.17) is 0 Å². The summed E-state index contributed by atoms with van der Waals surface area (Å²) >= 11 is 0. The largest absolute Gasteiger partial charge is 0.308 e. The smallest absolute Gasteiger partial charge is 0.168 e. The maximum absolute atomic E-state index is 10.3. The topological polar surface area (TPSA) is 34.4 Å². The molecular formula is C8H6N2O. The van der Waals surface area contributed by atoms with Crippen LogP contribution in [0.15, 0.2) is 30.7 Å². The van der Waals surface area contributed by atoms with E-state index in [9.17, 15) is 4.79 Å². The van der Waals surface area contributed by atoms with Crippen LogP contribution in [0.25, 0.3) is 5.52 Å². The number of aldehydes is 1. The standard InChI is InChI=1S/C8H6N2O/c11-5-7-4-8-2-1-3-10(8)6-9-7/h1-6H. The molecule has 0 saturated carbocycles. The Balaban J connectivity index is 2.76. The number of hydrogen-bond acceptors (Lipinski definition) is 2. The molecule has 3 nitrogen and oxygen atoms in total. The van der Waals surface area contributed by atoms with Gasteiger partial charge in [0, 0.05) is 11.7 Å². The minimum Gasteiger partial charge on any atom is -0.308 e. The van der Waals surface area contributed by atoms with Crippen LogP contribution in [0.1, 0.15) is 10.5 Å². The fourth-order valence-electron chi connectivity index (χ4n) is 1.02. The Hall–Kier alpha value is -1.64. The lowest BCUT2D eigenvalue weighted by atomic mass is 10.4. The highest BCUT2D eigenvalue weighted by molar-refractivity contribution is 5.74. The van der Waals surface area contributed by atoms with Gasteiger partial charge >= 0.3 is 0 Å². The zero-order chi connectivity index (χ0) is 7.68. The van der Waals surface area contributed by atoms with Crippen LogP contribution in [-0.2, 0) is 0 Å². The average molecular weight is 146 g/mol. The van der Waals surface area contributed by atoms with E-state index >= 15 is 0 Å². The van der Waals surface area contributed by atoms with Crippen molar-refractivity contribution in [2.24, 2.45) is 0 Å². The highest BCUT2D eigenvalue weighted by Gasteiger charge is 1.93. The Bertz CT molecular complexity index is 392. The van der Waals surface area contributed by atoms with E-state index in [0.717, 1.165) is 11.8 Å². The van der Waals surface area contributed by atoms with Crippen LogP contribution in [0.3, 0.4) is 0 Å². The van der Waals surface area contributed by atoms with Crippen LogP contribution in [-0.4, -0.2) is 15.7 Å². The lowest BCUT2D eigenvalue weighted by molar-refractivity contribution is 0.111. The number of aromatic nitrogens is 2. The Morgan fingerprint density at radius 1 is 1.55 bits per heavy atom. The highest BCUT2D eigenvalue weighted by Crippen LogP contribution is 2.03. The molecule has 0 saturated heterocycles. The molecule has 0 spiro atoms. The van der Waals surface area contributed by atoms with Gasteiger partial charge in [0.2, 0.25) is 0 Å². The lowest BCUT2D eigenvalue weighted by Gasteiger charge is -1.92. The predicted octanol–water partition coefficient (Wildman–Crippen LogP) is 1.15. The number of carbonyl (C=O) groups excluding carboxylic acids is 1. The van der Waals surface area contributed by atoms with Crippen LogP contribution in [0.5, 0.6) is 0 Å². The van der Waals surface area contributed by atoms with Crippen molar-refractivity contribution in [3.63, 3.8) is 0 Å². The first-order chi connectivity index (χ1) is 5.40. The molecule has 0 aliphatic heterocycles. The minimum absolute atomic E-state index is 0.469. The molecule has 0 atom stereocenters. The van der Waals surface area contributed by atoms with Gasteiger partial charge in [0.15, 0.2) is 6.29 Å². The minimum atomic E-state index is 0.469. The second kappa shape index (κ2) is 2.20. The molecule has 3 heteroatoms. The third-order valence-corrected chi connectivity index (χ3v) is 1.56. The predicted molar refractivity (Wildman–Crippen MR) is 40.6 cm³/mol. The number of hydrogen-bond donors (Lipinski definition) is 0. The van der Waals surface area contributed by atoms with Gasteiger partial charge in [0.25, 0.3) is 0 Å². The molecule has 0 aromatic carbocycles. The second-order valence-corrected chi connectivity index (χ2v) is 2.27. The average Bonchev–Trinajstić information content (AvgIpc) is 2.50. The molecule has 0 unspecified atom stereocenters. The van der Waals surface area contributed by atoms with Crippen LogP contribution in [0, 0.1) is 0 Å². The maximum atomic E-state index is 10.3. The van der Waals surface area contributed by atoms with Crippen LogP contribution in [0.2, 0.25) is 0 Å². The van der Waals surface area contributed by atoms with E-state index in [1.54, 1.807) is 12.4 Å². The Morgan fingerprint density at radius 3 is 3.27 bits per heavy atom. The van der Waals surface area contributed by atoms with Crippen molar-refractivity contribution in [1.82, 2.24) is 9.38 Å². The van der Waals surface area contributed by atoms with Gasteiger partial charge in [-0.1, -0.05) is 0 Å². The molecule has 0 amide bonds. The van der Waals surface area contributed by atoms with Crippen molar-refractivity contribution in [3.8, 4) is 0 Å². The van der Waals surface area contributed by atoms with E-state index < -0.39 is 0 Å². The molecule has 0 radical (unpaired) electrons. The molecule has 11 heavy (non-hydrogen) atoms. The van der Waals surface area contributed by atoms with E-state index in [0.29, 0.717) is 5.69 Å². The fourth-order valence-corrected chi connectivity index (χ4v) is 1.02. The lowest BCUT2D eigenvalue weighted by Crippen LogP contribution is -1.89. The molecule has 2 aromatic heterocycles. The van der Waals surface area contributed by atoms with Gasteiger partial charge in [-0.2, -0.15) is 0 Å². The molecule has 2 aromatic rings. The molecule has 0 fully saturated rings. The van der Waals surface area contributed by atoms with Gasteiger partial charge in [-0.25, -0.2) is 4.98 Å². The third-order valence-electron chi connectivity index (χ3n) is 1.56. The summed E-state index contributed by atoms with van der Waals surface area (Å²) in [6, 6.07) is 5.58. The summed E-state index contributed by atoms with van der Waals surface area (Å²) in [5.74, 6) is 0. The van der Waals surface area contributed by atoms with Gasteiger partial charge in [-0.15, -0.1) is 0 Å². The van der Waals surface area contributed by atoms with Gasteiger partial charge in [0.1, 0.15) is 5.69 Å². The second-order valence-electron chi connectivity index (χ2n) is 2.27. The Labute approximate surface area is 63.3 Å². The SMILES string of the molecule is O=Cc1cc2cccn2cn1. The van der Waals surface area contributed by atoms with E-state index in [2.05, 4.69) is 4.98 Å². The van der Waals surface area contributed by atoms with Gasteiger partial charge in [0.05, 0.1) is 6.33 Å². The summed E-state index contributed by atoms with van der Waals surface area (Å²) in [5.41, 5.74) is 1.46. The first-order valence-electron chi connectivity index (χ1n) is 3.28. The number of carbonyl (C=O) groups is 1. The zero-order valence-electron chi connectivity index (χ0n) is 5.77. The summed E-state index contributed by atoms with van der Waals surface area (Å²) in [6.45, 7) is 0. The Morgan fingerprint density at radius 2 is 2.45 bits per heavy atom. The van der Waals surface area contributed by atoms with Crippen molar-refractivity contribution < 1.29 is 4.79 Å². The summed E-state index contributed by atoms with van der Waals surface area (Å²) in [5, 5.41) is 0. The molecule has 0 N–H and O–H groups in total. The summed E-state index contributed by atoms with van der Waals surface area (Å²) in [6.07, 6.45) is 4.25. The molecular weight excluding hydrogens is 140 g/mol. The number of fused-ring (bicyclic) bond motifs is 1. The van der Waals surface area contributed by atoms with Crippen molar-refractivity contribution in [1.29, 1.82) is 0 Å².